The molecule has 7 heteroatoms. The summed E-state index contributed by atoms with van der Waals surface area (Å²) in [6, 6.07) is 17.1. The summed E-state index contributed by atoms with van der Waals surface area (Å²) in [4.78, 5) is 13.8. The quantitative estimate of drug-likeness (QED) is 0.702. The zero-order chi connectivity index (χ0) is 20.9. The van der Waals surface area contributed by atoms with Crippen LogP contribution in [0.1, 0.15) is 24.0 Å². The summed E-state index contributed by atoms with van der Waals surface area (Å²) >= 11 is 0. The molecule has 0 aliphatic carbocycles. The van der Waals surface area contributed by atoms with E-state index in [1.54, 1.807) is 12.1 Å². The Morgan fingerprint density at radius 2 is 1.69 bits per heavy atom. The van der Waals surface area contributed by atoms with Gasteiger partial charge in [0.25, 0.3) is 5.91 Å². The summed E-state index contributed by atoms with van der Waals surface area (Å²) in [7, 11) is -3.46. The zero-order valence-corrected chi connectivity index (χ0v) is 17.9. The minimum absolute atomic E-state index is 0.0117. The molecule has 1 heterocycles. The Morgan fingerprint density at radius 3 is 2.31 bits per heavy atom. The van der Waals surface area contributed by atoms with Gasteiger partial charge in [-0.2, -0.15) is 4.31 Å². The molecule has 0 spiro atoms. The summed E-state index contributed by atoms with van der Waals surface area (Å²) in [6.45, 7) is 7.13. The molecule has 1 saturated heterocycles. The van der Waals surface area contributed by atoms with Crippen molar-refractivity contribution in [3.8, 4) is 0 Å². The van der Waals surface area contributed by atoms with Gasteiger partial charge in [0.2, 0.25) is 10.0 Å². The summed E-state index contributed by atoms with van der Waals surface area (Å²) in [6.07, 6.45) is 0. The van der Waals surface area contributed by atoms with E-state index < -0.39 is 10.0 Å². The van der Waals surface area contributed by atoms with Crippen LogP contribution in [0.5, 0.6) is 0 Å². The van der Waals surface area contributed by atoms with E-state index >= 15 is 0 Å². The SMILES string of the molecule is Cc1ccc(S(=O)(=O)N2CC[NH+](CC(=O)NC[C@H](C)c3ccccc3)CC2)cc1. The van der Waals surface area contributed by atoms with Crippen molar-refractivity contribution in [2.75, 3.05) is 39.3 Å². The van der Waals surface area contributed by atoms with Gasteiger partial charge >= 0.3 is 0 Å². The molecule has 0 radical (unpaired) electrons. The number of nitrogens with zero attached hydrogens (tertiary/aromatic N) is 1. The van der Waals surface area contributed by atoms with Crippen LogP contribution in [0.2, 0.25) is 0 Å². The average molecular weight is 417 g/mol. The molecular formula is C22H30N3O3S+. The fraction of sp³-hybridized carbons (Fsp3) is 0.409. The van der Waals surface area contributed by atoms with Crippen LogP contribution in [0.3, 0.4) is 0 Å². The second-order valence-corrected chi connectivity index (χ2v) is 9.70. The minimum Gasteiger partial charge on any atom is -0.351 e. The number of quaternary nitrogens is 1. The predicted molar refractivity (Wildman–Crippen MR) is 113 cm³/mol. The van der Waals surface area contributed by atoms with Gasteiger partial charge in [0.1, 0.15) is 0 Å². The second kappa shape index (κ2) is 9.52. The van der Waals surface area contributed by atoms with Gasteiger partial charge in [-0.25, -0.2) is 8.42 Å². The van der Waals surface area contributed by atoms with Gasteiger partial charge in [0, 0.05) is 6.54 Å². The maximum absolute atomic E-state index is 12.8. The van der Waals surface area contributed by atoms with Gasteiger partial charge in [-0.05, 0) is 30.5 Å². The van der Waals surface area contributed by atoms with Crippen LogP contribution in [-0.4, -0.2) is 57.9 Å². The van der Waals surface area contributed by atoms with E-state index in [-0.39, 0.29) is 11.8 Å². The molecule has 156 valence electrons. The van der Waals surface area contributed by atoms with Gasteiger partial charge in [-0.3, -0.25) is 4.79 Å². The fourth-order valence-electron chi connectivity index (χ4n) is 3.53. The molecule has 2 N–H and O–H groups in total. The first-order chi connectivity index (χ1) is 13.9. The van der Waals surface area contributed by atoms with Crippen LogP contribution in [0.25, 0.3) is 0 Å². The third kappa shape index (κ3) is 5.65. The van der Waals surface area contributed by atoms with Crippen molar-refractivity contribution in [3.63, 3.8) is 0 Å². The van der Waals surface area contributed by atoms with Crippen molar-refractivity contribution in [2.45, 2.75) is 24.7 Å². The molecule has 1 amide bonds. The standard InChI is InChI=1S/C22H29N3O3S/c1-18-8-10-21(11-9-18)29(27,28)25-14-12-24(13-15-25)17-22(26)23-16-19(2)20-6-4-3-5-7-20/h3-11,19H,12-17H2,1-2H3,(H,23,26)/p+1/t19-/m0/s1. The maximum atomic E-state index is 12.8. The van der Waals surface area contributed by atoms with E-state index in [0.717, 1.165) is 10.5 Å². The average Bonchev–Trinajstić information content (AvgIpc) is 2.73. The third-order valence-electron chi connectivity index (χ3n) is 5.47. The summed E-state index contributed by atoms with van der Waals surface area (Å²) in [5, 5.41) is 3.01. The number of rotatable bonds is 7. The Labute approximate surface area is 173 Å². The number of hydrogen-bond donors (Lipinski definition) is 2. The summed E-state index contributed by atoms with van der Waals surface area (Å²) in [5.41, 5.74) is 2.24. The van der Waals surface area contributed by atoms with Crippen LogP contribution >= 0.6 is 0 Å². The molecule has 0 bridgehead atoms. The predicted octanol–water partition coefficient (Wildman–Crippen LogP) is 0.804. The minimum atomic E-state index is -3.46. The van der Waals surface area contributed by atoms with Gasteiger partial charge in [0.05, 0.1) is 31.1 Å². The highest BCUT2D eigenvalue weighted by atomic mass is 32.2. The Balaban J connectivity index is 1.45. The molecule has 1 aliphatic heterocycles. The van der Waals surface area contributed by atoms with E-state index in [2.05, 4.69) is 24.4 Å². The Hall–Kier alpha value is -2.22. The van der Waals surface area contributed by atoms with Gasteiger partial charge in [0.15, 0.2) is 6.54 Å². The lowest BCUT2D eigenvalue weighted by Crippen LogP contribution is -3.15. The molecule has 0 saturated carbocycles. The number of carbonyl (C=O) groups is 1. The number of aryl methyl sites for hydroxylation is 1. The highest BCUT2D eigenvalue weighted by Crippen LogP contribution is 2.16. The van der Waals surface area contributed by atoms with Crippen molar-refractivity contribution in [1.29, 1.82) is 0 Å². The number of nitrogens with one attached hydrogen (secondary N) is 2. The van der Waals surface area contributed by atoms with Crippen LogP contribution in [0.15, 0.2) is 59.5 Å². The molecule has 1 aliphatic rings. The van der Waals surface area contributed by atoms with E-state index in [1.807, 2.05) is 37.3 Å². The maximum Gasteiger partial charge on any atom is 0.275 e. The molecule has 2 aromatic carbocycles. The first-order valence-corrected chi connectivity index (χ1v) is 11.5. The first-order valence-electron chi connectivity index (χ1n) is 10.1. The highest BCUT2D eigenvalue weighted by molar-refractivity contribution is 7.89. The van der Waals surface area contributed by atoms with Crippen LogP contribution in [-0.2, 0) is 14.8 Å². The summed E-state index contributed by atoms with van der Waals surface area (Å²) in [5.74, 6) is 0.268. The van der Waals surface area contributed by atoms with Crippen LogP contribution < -0.4 is 10.2 Å². The molecule has 29 heavy (non-hydrogen) atoms. The number of sulfonamides is 1. The lowest BCUT2D eigenvalue weighted by Gasteiger charge is -2.31. The molecule has 2 aromatic rings. The molecular weight excluding hydrogens is 386 g/mol. The van der Waals surface area contributed by atoms with Crippen molar-refractivity contribution >= 4 is 15.9 Å². The molecule has 1 fully saturated rings. The number of benzene rings is 2. The Kier molecular flexibility index (Phi) is 7.05. The fourth-order valence-corrected chi connectivity index (χ4v) is 4.98. The normalized spacial score (nSPS) is 17.0. The smallest absolute Gasteiger partial charge is 0.275 e. The van der Waals surface area contributed by atoms with E-state index in [0.29, 0.717) is 44.2 Å². The van der Waals surface area contributed by atoms with Crippen molar-refractivity contribution in [3.05, 3.63) is 65.7 Å². The number of piperazine rings is 1. The lowest BCUT2D eigenvalue weighted by atomic mass is 10.0. The highest BCUT2D eigenvalue weighted by Gasteiger charge is 2.31. The van der Waals surface area contributed by atoms with Gasteiger partial charge in [-0.15, -0.1) is 0 Å². The molecule has 0 aromatic heterocycles. The van der Waals surface area contributed by atoms with E-state index in [4.69, 9.17) is 0 Å². The monoisotopic (exact) mass is 416 g/mol. The second-order valence-electron chi connectivity index (χ2n) is 7.76. The zero-order valence-electron chi connectivity index (χ0n) is 17.1. The summed E-state index contributed by atoms with van der Waals surface area (Å²) < 4.78 is 27.1. The molecule has 3 rings (SSSR count). The Bertz CT molecular complexity index is 906. The topological polar surface area (TPSA) is 70.9 Å². The molecule has 6 nitrogen and oxygen atoms in total. The van der Waals surface area contributed by atoms with Crippen molar-refractivity contribution in [1.82, 2.24) is 9.62 Å². The number of hydrogen-bond acceptors (Lipinski definition) is 3. The number of amides is 1. The molecule has 0 unspecified atom stereocenters. The van der Waals surface area contributed by atoms with Crippen LogP contribution in [0.4, 0.5) is 0 Å². The van der Waals surface area contributed by atoms with Gasteiger partial charge in [-0.1, -0.05) is 55.0 Å². The number of carbonyl (C=O) groups excluding carboxylic acids is 1. The van der Waals surface area contributed by atoms with E-state index in [9.17, 15) is 13.2 Å². The largest absolute Gasteiger partial charge is 0.351 e. The third-order valence-corrected chi connectivity index (χ3v) is 7.39. The molecule has 1 atom stereocenters. The van der Waals surface area contributed by atoms with Crippen molar-refractivity contribution in [2.24, 2.45) is 0 Å². The van der Waals surface area contributed by atoms with E-state index in [1.165, 1.54) is 9.87 Å². The Morgan fingerprint density at radius 1 is 1.07 bits per heavy atom. The van der Waals surface area contributed by atoms with Gasteiger partial charge < -0.3 is 10.2 Å². The van der Waals surface area contributed by atoms with Crippen LogP contribution in [0, 0.1) is 6.92 Å². The lowest BCUT2D eigenvalue weighted by molar-refractivity contribution is -0.895. The van der Waals surface area contributed by atoms with Crippen molar-refractivity contribution < 1.29 is 18.1 Å². The first kappa shape index (κ1) is 21.5.